The van der Waals surface area contributed by atoms with E-state index >= 15 is 0 Å². The zero-order valence-corrected chi connectivity index (χ0v) is 14.6. The molecule has 1 amide bonds. The Balaban J connectivity index is 1.70. The average Bonchev–Trinajstić information content (AvgIpc) is 3.08. The van der Waals surface area contributed by atoms with Gasteiger partial charge in [-0.25, -0.2) is 0 Å². The van der Waals surface area contributed by atoms with Crippen LogP contribution >= 0.6 is 0 Å². The number of aromatic nitrogens is 2. The van der Waals surface area contributed by atoms with E-state index in [1.54, 1.807) is 24.1 Å². The van der Waals surface area contributed by atoms with E-state index < -0.39 is 6.10 Å². The highest BCUT2D eigenvalue weighted by Gasteiger charge is 2.20. The highest BCUT2D eigenvalue weighted by Crippen LogP contribution is 2.30. The van der Waals surface area contributed by atoms with Crippen molar-refractivity contribution in [1.82, 2.24) is 14.3 Å². The number of aliphatic hydroxyl groups is 1. The van der Waals surface area contributed by atoms with Crippen LogP contribution in [0.3, 0.4) is 0 Å². The molecule has 1 atom stereocenters. The minimum Gasteiger partial charge on any atom is -0.389 e. The first-order valence-corrected chi connectivity index (χ1v) is 8.76. The zero-order valence-electron chi connectivity index (χ0n) is 14.6. The van der Waals surface area contributed by atoms with Gasteiger partial charge in [-0.3, -0.25) is 9.78 Å². The molecule has 1 fully saturated rings. The number of rotatable bonds is 3. The van der Waals surface area contributed by atoms with E-state index in [4.69, 9.17) is 4.74 Å². The quantitative estimate of drug-likeness (QED) is 0.787. The number of ether oxygens (including phenoxy) is 1. The molecule has 1 saturated heterocycles. The molecule has 0 bridgehead atoms. The van der Waals surface area contributed by atoms with E-state index in [9.17, 15) is 9.90 Å². The van der Waals surface area contributed by atoms with Crippen LogP contribution < -0.4 is 0 Å². The third kappa shape index (κ3) is 2.98. The fraction of sp³-hybridized carbons (Fsp3) is 0.300. The molecule has 0 spiro atoms. The van der Waals surface area contributed by atoms with Gasteiger partial charge in [-0.05, 0) is 37.3 Å². The van der Waals surface area contributed by atoms with Gasteiger partial charge in [0, 0.05) is 36.6 Å². The Morgan fingerprint density at radius 1 is 1.23 bits per heavy atom. The summed E-state index contributed by atoms with van der Waals surface area (Å²) in [4.78, 5) is 18.9. The number of carbonyl (C=O) groups excluding carboxylic acids is 1. The largest absolute Gasteiger partial charge is 0.389 e. The molecule has 134 valence electrons. The second-order valence-corrected chi connectivity index (χ2v) is 6.46. The molecule has 0 aromatic carbocycles. The number of amides is 1. The molecule has 6 nitrogen and oxygen atoms in total. The maximum atomic E-state index is 12.6. The average molecular weight is 351 g/mol. The minimum atomic E-state index is -0.610. The van der Waals surface area contributed by atoms with Gasteiger partial charge < -0.3 is 19.1 Å². The lowest BCUT2D eigenvalue weighted by molar-refractivity contribution is 0.0302. The molecule has 4 rings (SSSR count). The fourth-order valence-corrected chi connectivity index (χ4v) is 3.34. The Kier molecular flexibility index (Phi) is 4.44. The van der Waals surface area contributed by atoms with Crippen molar-refractivity contribution >= 4 is 11.4 Å². The predicted octanol–water partition coefficient (Wildman–Crippen LogP) is 2.53. The van der Waals surface area contributed by atoms with E-state index in [0.29, 0.717) is 31.9 Å². The van der Waals surface area contributed by atoms with Crippen LogP contribution in [0.4, 0.5) is 0 Å². The number of hydrogen-bond acceptors (Lipinski definition) is 4. The summed E-state index contributed by atoms with van der Waals surface area (Å²) >= 11 is 0. The van der Waals surface area contributed by atoms with Gasteiger partial charge in [0.25, 0.3) is 5.91 Å². The van der Waals surface area contributed by atoms with E-state index in [1.807, 2.05) is 40.9 Å². The van der Waals surface area contributed by atoms with Crippen molar-refractivity contribution < 1.29 is 14.6 Å². The molecule has 0 radical (unpaired) electrons. The SMILES string of the molecule is CC(O)c1cc2ccccn2c1-c1ccc(C(=O)N2CCOCC2)cn1. The first kappa shape index (κ1) is 16.8. The Morgan fingerprint density at radius 2 is 2.04 bits per heavy atom. The second kappa shape index (κ2) is 6.90. The van der Waals surface area contributed by atoms with Crippen LogP contribution in [0.15, 0.2) is 48.8 Å². The summed E-state index contributed by atoms with van der Waals surface area (Å²) in [5, 5.41) is 10.2. The molecule has 0 saturated carbocycles. The number of morpholine rings is 1. The zero-order chi connectivity index (χ0) is 18.1. The standard InChI is InChI=1S/C20H21N3O3/c1-14(24)17-12-16-4-2-3-7-23(16)19(17)18-6-5-15(13-21-18)20(25)22-8-10-26-11-9-22/h2-7,12-14,24H,8-11H2,1H3. The van der Waals surface area contributed by atoms with Gasteiger partial charge in [-0.2, -0.15) is 0 Å². The van der Waals surface area contributed by atoms with E-state index in [-0.39, 0.29) is 5.91 Å². The van der Waals surface area contributed by atoms with Gasteiger partial charge in [0.15, 0.2) is 0 Å². The van der Waals surface area contributed by atoms with Crippen LogP contribution in [-0.4, -0.2) is 51.6 Å². The maximum Gasteiger partial charge on any atom is 0.255 e. The van der Waals surface area contributed by atoms with E-state index in [1.165, 1.54) is 0 Å². The van der Waals surface area contributed by atoms with Crippen molar-refractivity contribution in [3.63, 3.8) is 0 Å². The molecule has 4 heterocycles. The summed E-state index contributed by atoms with van der Waals surface area (Å²) in [6.07, 6.45) is 2.95. The van der Waals surface area contributed by atoms with Gasteiger partial charge in [-0.15, -0.1) is 0 Å². The summed E-state index contributed by atoms with van der Waals surface area (Å²) in [6.45, 7) is 4.11. The number of fused-ring (bicyclic) bond motifs is 1. The normalized spacial score (nSPS) is 16.0. The molecular formula is C20H21N3O3. The molecular weight excluding hydrogens is 330 g/mol. The van der Waals surface area contributed by atoms with Crippen molar-refractivity contribution in [2.24, 2.45) is 0 Å². The number of pyridine rings is 2. The molecule has 1 aliphatic heterocycles. The lowest BCUT2D eigenvalue weighted by atomic mass is 10.1. The topological polar surface area (TPSA) is 67.1 Å². The lowest BCUT2D eigenvalue weighted by Gasteiger charge is -2.26. The molecule has 3 aromatic heterocycles. The van der Waals surface area contributed by atoms with Crippen LogP contribution in [0, 0.1) is 0 Å². The molecule has 3 aromatic rings. The summed E-state index contributed by atoms with van der Waals surface area (Å²) in [6, 6.07) is 11.5. The molecule has 6 heteroatoms. The Bertz CT molecular complexity index is 925. The Morgan fingerprint density at radius 3 is 2.73 bits per heavy atom. The maximum absolute atomic E-state index is 12.6. The van der Waals surface area contributed by atoms with Crippen LogP contribution in [0.5, 0.6) is 0 Å². The van der Waals surface area contributed by atoms with Crippen molar-refractivity contribution in [1.29, 1.82) is 0 Å². The predicted molar refractivity (Wildman–Crippen MR) is 98.0 cm³/mol. The van der Waals surface area contributed by atoms with Crippen LogP contribution in [0.2, 0.25) is 0 Å². The van der Waals surface area contributed by atoms with E-state index in [2.05, 4.69) is 4.98 Å². The molecule has 1 aliphatic rings. The summed E-state index contributed by atoms with van der Waals surface area (Å²) in [5.41, 5.74) is 3.95. The van der Waals surface area contributed by atoms with Crippen LogP contribution in [-0.2, 0) is 4.74 Å². The highest BCUT2D eigenvalue weighted by molar-refractivity contribution is 5.94. The van der Waals surface area contributed by atoms with Crippen LogP contribution in [0.1, 0.15) is 28.9 Å². The molecule has 0 aliphatic carbocycles. The van der Waals surface area contributed by atoms with Crippen LogP contribution in [0.25, 0.3) is 16.9 Å². The van der Waals surface area contributed by atoms with Crippen molar-refractivity contribution in [3.8, 4) is 11.4 Å². The van der Waals surface area contributed by atoms with Gasteiger partial charge in [0.2, 0.25) is 0 Å². The lowest BCUT2D eigenvalue weighted by Crippen LogP contribution is -2.40. The Hall–Kier alpha value is -2.70. The molecule has 1 unspecified atom stereocenters. The summed E-state index contributed by atoms with van der Waals surface area (Å²) in [7, 11) is 0. The number of aliphatic hydroxyl groups excluding tert-OH is 1. The van der Waals surface area contributed by atoms with Crippen molar-refractivity contribution in [2.45, 2.75) is 13.0 Å². The fourth-order valence-electron chi connectivity index (χ4n) is 3.34. The molecule has 26 heavy (non-hydrogen) atoms. The first-order chi connectivity index (χ1) is 12.6. The summed E-state index contributed by atoms with van der Waals surface area (Å²) in [5.74, 6) is -0.0249. The third-order valence-electron chi connectivity index (χ3n) is 4.71. The number of nitrogens with zero attached hydrogens (tertiary/aromatic N) is 3. The van der Waals surface area contributed by atoms with Gasteiger partial charge >= 0.3 is 0 Å². The smallest absolute Gasteiger partial charge is 0.255 e. The van der Waals surface area contributed by atoms with Crippen molar-refractivity contribution in [3.05, 3.63) is 59.9 Å². The van der Waals surface area contributed by atoms with E-state index in [0.717, 1.165) is 22.5 Å². The third-order valence-corrected chi connectivity index (χ3v) is 4.71. The number of carbonyl (C=O) groups is 1. The highest BCUT2D eigenvalue weighted by atomic mass is 16.5. The summed E-state index contributed by atoms with van der Waals surface area (Å²) < 4.78 is 7.30. The second-order valence-electron chi connectivity index (χ2n) is 6.46. The minimum absolute atomic E-state index is 0.0249. The van der Waals surface area contributed by atoms with Crippen molar-refractivity contribution in [2.75, 3.05) is 26.3 Å². The first-order valence-electron chi connectivity index (χ1n) is 8.76. The molecule has 1 N–H and O–H groups in total. The van der Waals surface area contributed by atoms with Gasteiger partial charge in [0.05, 0.1) is 36.3 Å². The number of hydrogen-bond donors (Lipinski definition) is 1. The monoisotopic (exact) mass is 351 g/mol. The Labute approximate surface area is 151 Å². The van der Waals surface area contributed by atoms with Gasteiger partial charge in [-0.1, -0.05) is 6.07 Å². The van der Waals surface area contributed by atoms with Gasteiger partial charge in [0.1, 0.15) is 0 Å².